The Labute approximate surface area is 238 Å². The Balaban J connectivity index is 1.60. The topological polar surface area (TPSA) is 67.9 Å². The summed E-state index contributed by atoms with van der Waals surface area (Å²) in [5.74, 6) is -0.0474. The first-order valence-corrected chi connectivity index (χ1v) is 13.2. The van der Waals surface area contributed by atoms with Crippen LogP contribution in [-0.4, -0.2) is 36.5 Å². The van der Waals surface area contributed by atoms with Crippen molar-refractivity contribution in [2.45, 2.75) is 25.6 Å². The zero-order valence-corrected chi connectivity index (χ0v) is 22.8. The van der Waals surface area contributed by atoms with Crippen molar-refractivity contribution in [3.05, 3.63) is 131 Å². The molecule has 4 aromatic rings. The smallest absolute Gasteiger partial charge is 0.261 e. The number of halogens is 2. The first-order valence-electron chi connectivity index (χ1n) is 12.8. The molecule has 0 aliphatic heterocycles. The minimum absolute atomic E-state index is 0.0818. The van der Waals surface area contributed by atoms with Gasteiger partial charge in [-0.25, -0.2) is 4.39 Å². The molecular formula is C32H30ClFN2O4. The summed E-state index contributed by atoms with van der Waals surface area (Å²) in [6.07, 6.45) is 0.272. The van der Waals surface area contributed by atoms with E-state index in [-0.39, 0.29) is 37.8 Å². The maximum absolute atomic E-state index is 13.7. The van der Waals surface area contributed by atoms with Crippen LogP contribution in [0.5, 0.6) is 11.5 Å². The van der Waals surface area contributed by atoms with Crippen molar-refractivity contribution < 1.29 is 23.5 Å². The van der Waals surface area contributed by atoms with Gasteiger partial charge in [0, 0.05) is 19.5 Å². The molecule has 0 spiro atoms. The molecule has 1 atom stereocenters. The molecule has 6 nitrogen and oxygen atoms in total. The third kappa shape index (κ3) is 8.07. The Bertz CT molecular complexity index is 1400. The number of nitrogens with zero attached hydrogens (tertiary/aromatic N) is 1. The van der Waals surface area contributed by atoms with Crippen LogP contribution in [0.1, 0.15) is 16.7 Å². The van der Waals surface area contributed by atoms with Gasteiger partial charge in [0.2, 0.25) is 5.91 Å². The van der Waals surface area contributed by atoms with E-state index >= 15 is 0 Å². The minimum atomic E-state index is -0.868. The number of hydrogen-bond acceptors (Lipinski definition) is 4. The maximum atomic E-state index is 13.7. The van der Waals surface area contributed by atoms with Gasteiger partial charge in [-0.2, -0.15) is 0 Å². The lowest BCUT2D eigenvalue weighted by atomic mass is 10.0. The molecule has 4 rings (SSSR count). The molecule has 2 amide bonds. The SMILES string of the molecule is COc1ccc(CNC(=O)[C@@H](Cc2ccccc2)N(Cc2ccc(F)cc2)C(=O)COc2ccccc2Cl)cc1. The average molecular weight is 561 g/mol. The first kappa shape index (κ1) is 28.6. The third-order valence-corrected chi connectivity index (χ3v) is 6.66. The van der Waals surface area contributed by atoms with Crippen molar-refractivity contribution >= 4 is 23.4 Å². The van der Waals surface area contributed by atoms with Gasteiger partial charge in [-0.1, -0.05) is 78.3 Å². The second-order valence-corrected chi connectivity index (χ2v) is 9.55. The van der Waals surface area contributed by atoms with Crippen molar-refractivity contribution in [1.29, 1.82) is 0 Å². The molecule has 0 aromatic heterocycles. The van der Waals surface area contributed by atoms with Crippen LogP contribution in [0.25, 0.3) is 0 Å². The number of ether oxygens (including phenoxy) is 2. The molecule has 0 bridgehead atoms. The van der Waals surface area contributed by atoms with E-state index in [1.165, 1.54) is 17.0 Å². The Morgan fingerprint density at radius 2 is 1.50 bits per heavy atom. The highest BCUT2D eigenvalue weighted by atomic mass is 35.5. The zero-order valence-electron chi connectivity index (χ0n) is 22.1. The summed E-state index contributed by atoms with van der Waals surface area (Å²) in [6.45, 7) is 0.0171. The van der Waals surface area contributed by atoms with Gasteiger partial charge in [0.15, 0.2) is 6.61 Å². The number of carbonyl (C=O) groups excluding carboxylic acids is 2. The molecule has 0 saturated carbocycles. The Morgan fingerprint density at radius 3 is 2.17 bits per heavy atom. The third-order valence-electron chi connectivity index (χ3n) is 6.35. The quantitative estimate of drug-likeness (QED) is 0.237. The molecule has 8 heteroatoms. The van der Waals surface area contributed by atoms with E-state index in [0.29, 0.717) is 22.1 Å². The van der Waals surface area contributed by atoms with Crippen molar-refractivity contribution in [3.63, 3.8) is 0 Å². The van der Waals surface area contributed by atoms with Crippen molar-refractivity contribution in [1.82, 2.24) is 10.2 Å². The molecule has 40 heavy (non-hydrogen) atoms. The molecule has 206 valence electrons. The molecule has 0 radical (unpaired) electrons. The number of para-hydroxylation sites is 1. The number of rotatable bonds is 12. The average Bonchev–Trinajstić information content (AvgIpc) is 2.99. The molecule has 0 saturated heterocycles. The van der Waals surface area contributed by atoms with Crippen LogP contribution in [0.3, 0.4) is 0 Å². The van der Waals surface area contributed by atoms with Crippen LogP contribution in [0.15, 0.2) is 103 Å². The van der Waals surface area contributed by atoms with Crippen molar-refractivity contribution in [2.24, 2.45) is 0 Å². The summed E-state index contributed by atoms with van der Waals surface area (Å²) in [5, 5.41) is 3.35. The number of nitrogens with one attached hydrogen (secondary N) is 1. The van der Waals surface area contributed by atoms with Gasteiger partial charge in [-0.15, -0.1) is 0 Å². The fourth-order valence-corrected chi connectivity index (χ4v) is 4.37. The molecule has 0 unspecified atom stereocenters. The minimum Gasteiger partial charge on any atom is -0.497 e. The molecule has 0 fully saturated rings. The van der Waals surface area contributed by atoms with E-state index in [0.717, 1.165) is 11.1 Å². The van der Waals surface area contributed by atoms with Gasteiger partial charge in [0.1, 0.15) is 23.4 Å². The van der Waals surface area contributed by atoms with E-state index in [1.807, 2.05) is 54.6 Å². The lowest BCUT2D eigenvalue weighted by molar-refractivity contribution is -0.142. The Morgan fingerprint density at radius 1 is 0.850 bits per heavy atom. The van der Waals surface area contributed by atoms with E-state index in [2.05, 4.69) is 5.32 Å². The number of hydrogen-bond donors (Lipinski definition) is 1. The van der Waals surface area contributed by atoms with Crippen LogP contribution < -0.4 is 14.8 Å². The fourth-order valence-electron chi connectivity index (χ4n) is 4.18. The predicted molar refractivity (Wildman–Crippen MR) is 153 cm³/mol. The number of carbonyl (C=O) groups is 2. The number of amides is 2. The van der Waals surface area contributed by atoms with Gasteiger partial charge < -0.3 is 19.7 Å². The summed E-state index contributed by atoms with van der Waals surface area (Å²) in [7, 11) is 1.59. The van der Waals surface area contributed by atoms with Crippen molar-refractivity contribution in [2.75, 3.05) is 13.7 Å². The van der Waals surface area contributed by atoms with Crippen LogP contribution >= 0.6 is 11.6 Å². The van der Waals surface area contributed by atoms with Crippen LogP contribution in [-0.2, 0) is 29.1 Å². The molecular weight excluding hydrogens is 531 g/mol. The lowest BCUT2D eigenvalue weighted by Crippen LogP contribution is -2.51. The molecule has 4 aromatic carbocycles. The number of methoxy groups -OCH3 is 1. The van der Waals surface area contributed by atoms with Gasteiger partial charge in [-0.3, -0.25) is 9.59 Å². The van der Waals surface area contributed by atoms with Crippen LogP contribution in [0.4, 0.5) is 4.39 Å². The van der Waals surface area contributed by atoms with Crippen LogP contribution in [0, 0.1) is 5.82 Å². The van der Waals surface area contributed by atoms with E-state index in [1.54, 1.807) is 43.5 Å². The highest BCUT2D eigenvalue weighted by Gasteiger charge is 2.30. The summed E-state index contributed by atoms with van der Waals surface area (Å²) in [6, 6.07) is 28.7. The second kappa shape index (κ2) is 14.1. The summed E-state index contributed by atoms with van der Waals surface area (Å²) < 4.78 is 24.6. The summed E-state index contributed by atoms with van der Waals surface area (Å²) >= 11 is 6.21. The van der Waals surface area contributed by atoms with E-state index < -0.39 is 11.9 Å². The monoisotopic (exact) mass is 560 g/mol. The Hall–Kier alpha value is -4.36. The van der Waals surface area contributed by atoms with Gasteiger partial charge >= 0.3 is 0 Å². The molecule has 1 N–H and O–H groups in total. The fraction of sp³-hybridized carbons (Fsp3) is 0.188. The van der Waals surface area contributed by atoms with Crippen molar-refractivity contribution in [3.8, 4) is 11.5 Å². The lowest BCUT2D eigenvalue weighted by Gasteiger charge is -2.31. The maximum Gasteiger partial charge on any atom is 0.261 e. The molecule has 0 aliphatic rings. The van der Waals surface area contributed by atoms with E-state index in [4.69, 9.17) is 21.1 Å². The molecule has 0 heterocycles. The number of benzene rings is 4. The highest BCUT2D eigenvalue weighted by molar-refractivity contribution is 6.32. The van der Waals surface area contributed by atoms with Gasteiger partial charge in [0.05, 0.1) is 12.1 Å². The zero-order chi connectivity index (χ0) is 28.3. The van der Waals surface area contributed by atoms with Crippen LogP contribution in [0.2, 0.25) is 5.02 Å². The van der Waals surface area contributed by atoms with Gasteiger partial charge in [-0.05, 0) is 53.1 Å². The standard InChI is InChI=1S/C32H30ClFN2O4/c1-39-27-17-13-24(14-18-27)20-35-32(38)29(19-23-7-3-2-4-8-23)36(21-25-11-15-26(34)16-12-25)31(37)22-40-30-10-6-5-9-28(30)33/h2-18,29H,19-22H2,1H3,(H,35,38)/t29-/m1/s1. The first-order chi connectivity index (χ1) is 19.4. The van der Waals surface area contributed by atoms with Gasteiger partial charge in [0.25, 0.3) is 5.91 Å². The highest BCUT2D eigenvalue weighted by Crippen LogP contribution is 2.24. The summed E-state index contributed by atoms with van der Waals surface area (Å²) in [5.41, 5.74) is 2.44. The second-order valence-electron chi connectivity index (χ2n) is 9.14. The largest absolute Gasteiger partial charge is 0.497 e. The van der Waals surface area contributed by atoms with E-state index in [9.17, 15) is 14.0 Å². The summed E-state index contributed by atoms with van der Waals surface area (Å²) in [4.78, 5) is 28.9. The molecule has 0 aliphatic carbocycles. The normalized spacial score (nSPS) is 11.4. The predicted octanol–water partition coefficient (Wildman–Crippen LogP) is 5.82. The Kier molecular flexibility index (Phi) is 10.1.